The van der Waals surface area contributed by atoms with Crippen LogP contribution in [0, 0.1) is 0 Å². The lowest BCUT2D eigenvalue weighted by Crippen LogP contribution is -2.05. The average molecular weight is 275 g/mol. The highest BCUT2D eigenvalue weighted by molar-refractivity contribution is 7.17. The van der Waals surface area contributed by atoms with Crippen LogP contribution in [0.1, 0.15) is 35.6 Å². The molecule has 0 atom stereocenters. The predicted octanol–water partition coefficient (Wildman–Crippen LogP) is 3.94. The summed E-state index contributed by atoms with van der Waals surface area (Å²) < 4.78 is 5.10. The molecule has 1 heterocycles. The van der Waals surface area contributed by atoms with Crippen molar-refractivity contribution in [3.8, 4) is 10.6 Å². The van der Waals surface area contributed by atoms with E-state index in [1.165, 1.54) is 11.3 Å². The zero-order valence-electron chi connectivity index (χ0n) is 11.2. The van der Waals surface area contributed by atoms with Gasteiger partial charge in [0.05, 0.1) is 12.3 Å². The Balaban J connectivity index is 2.37. The summed E-state index contributed by atoms with van der Waals surface area (Å²) in [6, 6.07) is 9.92. The van der Waals surface area contributed by atoms with Crippen LogP contribution in [0.25, 0.3) is 10.6 Å². The van der Waals surface area contributed by atoms with Gasteiger partial charge in [0.25, 0.3) is 0 Å². The van der Waals surface area contributed by atoms with E-state index in [1.807, 2.05) is 37.3 Å². The second-order valence-electron chi connectivity index (χ2n) is 4.13. The number of carbonyl (C=O) groups is 1. The molecule has 0 unspecified atom stereocenters. The highest BCUT2D eigenvalue weighted by Gasteiger charge is 2.19. The number of carbonyl (C=O) groups excluding carboxylic acids is 1. The third kappa shape index (κ3) is 3.20. The van der Waals surface area contributed by atoms with E-state index in [0.717, 1.165) is 29.1 Å². The quantitative estimate of drug-likeness (QED) is 0.776. The number of nitrogens with zero attached hydrogens (tertiary/aromatic N) is 1. The smallest absolute Gasteiger partial charge is 0.350 e. The van der Waals surface area contributed by atoms with Gasteiger partial charge in [-0.2, -0.15) is 0 Å². The standard InChI is InChI=1S/C15H17NO2S/c1-3-8-12-13(15(17)18-4-2)19-14(16-12)11-9-6-5-7-10-11/h5-7,9-10H,3-4,8H2,1-2H3. The van der Waals surface area contributed by atoms with E-state index in [1.54, 1.807) is 0 Å². The van der Waals surface area contributed by atoms with Crippen molar-refractivity contribution in [3.05, 3.63) is 40.9 Å². The fourth-order valence-corrected chi connectivity index (χ4v) is 2.83. The SMILES string of the molecule is CCCc1nc(-c2ccccc2)sc1C(=O)OCC. The maximum atomic E-state index is 11.9. The van der Waals surface area contributed by atoms with E-state index < -0.39 is 0 Å². The third-order valence-electron chi connectivity index (χ3n) is 2.67. The molecule has 2 aromatic rings. The van der Waals surface area contributed by atoms with Crippen LogP contribution in [-0.4, -0.2) is 17.6 Å². The summed E-state index contributed by atoms with van der Waals surface area (Å²) in [4.78, 5) is 17.2. The normalized spacial score (nSPS) is 10.4. The van der Waals surface area contributed by atoms with Gasteiger partial charge < -0.3 is 4.74 Å². The molecule has 0 radical (unpaired) electrons. The highest BCUT2D eigenvalue weighted by Crippen LogP contribution is 2.29. The lowest BCUT2D eigenvalue weighted by molar-refractivity contribution is 0.0530. The lowest BCUT2D eigenvalue weighted by Gasteiger charge is -2.00. The van der Waals surface area contributed by atoms with Crippen molar-refractivity contribution in [1.29, 1.82) is 0 Å². The molecule has 4 heteroatoms. The molecule has 0 saturated carbocycles. The highest BCUT2D eigenvalue weighted by atomic mass is 32.1. The van der Waals surface area contributed by atoms with Crippen molar-refractivity contribution in [2.24, 2.45) is 0 Å². The van der Waals surface area contributed by atoms with Gasteiger partial charge in [-0.3, -0.25) is 0 Å². The Bertz CT molecular complexity index is 549. The maximum Gasteiger partial charge on any atom is 0.350 e. The molecule has 0 fully saturated rings. The maximum absolute atomic E-state index is 11.9. The molecule has 100 valence electrons. The Kier molecular flexibility index (Phi) is 4.68. The van der Waals surface area contributed by atoms with Gasteiger partial charge in [0.2, 0.25) is 0 Å². The Morgan fingerprint density at radius 1 is 1.26 bits per heavy atom. The van der Waals surface area contributed by atoms with E-state index in [-0.39, 0.29) is 5.97 Å². The number of ether oxygens (including phenoxy) is 1. The number of thiazole rings is 1. The minimum Gasteiger partial charge on any atom is -0.462 e. The minimum atomic E-state index is -0.259. The number of benzene rings is 1. The van der Waals surface area contributed by atoms with Crippen LogP contribution in [-0.2, 0) is 11.2 Å². The number of aromatic nitrogens is 1. The molecule has 2 rings (SSSR count). The first-order valence-corrected chi connectivity index (χ1v) is 7.30. The molecule has 0 spiro atoms. The van der Waals surface area contributed by atoms with Gasteiger partial charge in [0.1, 0.15) is 9.88 Å². The number of hydrogen-bond acceptors (Lipinski definition) is 4. The molecular formula is C15H17NO2S. The Morgan fingerprint density at radius 3 is 2.63 bits per heavy atom. The molecule has 0 aliphatic heterocycles. The first-order chi connectivity index (χ1) is 9.26. The first-order valence-electron chi connectivity index (χ1n) is 6.48. The van der Waals surface area contributed by atoms with Gasteiger partial charge in [0.15, 0.2) is 0 Å². The fraction of sp³-hybridized carbons (Fsp3) is 0.333. The molecule has 0 N–H and O–H groups in total. The van der Waals surface area contributed by atoms with Crippen molar-refractivity contribution < 1.29 is 9.53 Å². The van der Waals surface area contributed by atoms with Crippen molar-refractivity contribution in [2.45, 2.75) is 26.7 Å². The van der Waals surface area contributed by atoms with E-state index >= 15 is 0 Å². The number of hydrogen-bond donors (Lipinski definition) is 0. The Labute approximate surface area is 117 Å². The van der Waals surface area contributed by atoms with Crippen LogP contribution < -0.4 is 0 Å². The summed E-state index contributed by atoms with van der Waals surface area (Å²) in [5.74, 6) is -0.259. The van der Waals surface area contributed by atoms with Crippen LogP contribution in [0.2, 0.25) is 0 Å². The number of esters is 1. The zero-order chi connectivity index (χ0) is 13.7. The van der Waals surface area contributed by atoms with Crippen LogP contribution in [0.5, 0.6) is 0 Å². The molecule has 0 aliphatic carbocycles. The van der Waals surface area contributed by atoms with Crippen molar-refractivity contribution in [1.82, 2.24) is 4.98 Å². The Morgan fingerprint density at radius 2 is 2.00 bits per heavy atom. The third-order valence-corrected chi connectivity index (χ3v) is 3.79. The van der Waals surface area contributed by atoms with Crippen LogP contribution >= 0.6 is 11.3 Å². The summed E-state index contributed by atoms with van der Waals surface area (Å²) in [5, 5.41) is 0.882. The fourth-order valence-electron chi connectivity index (χ4n) is 1.82. The molecule has 1 aromatic heterocycles. The molecule has 1 aromatic carbocycles. The van der Waals surface area contributed by atoms with Gasteiger partial charge in [0, 0.05) is 5.56 Å². The van der Waals surface area contributed by atoms with E-state index in [4.69, 9.17) is 4.74 Å². The van der Waals surface area contributed by atoms with Crippen molar-refractivity contribution in [2.75, 3.05) is 6.61 Å². The molecular weight excluding hydrogens is 258 g/mol. The summed E-state index contributed by atoms with van der Waals surface area (Å²) in [6.45, 7) is 4.29. The Hall–Kier alpha value is -1.68. The predicted molar refractivity (Wildman–Crippen MR) is 77.5 cm³/mol. The van der Waals surface area contributed by atoms with Gasteiger partial charge in [-0.05, 0) is 13.3 Å². The lowest BCUT2D eigenvalue weighted by atomic mass is 10.2. The monoisotopic (exact) mass is 275 g/mol. The largest absolute Gasteiger partial charge is 0.462 e. The average Bonchev–Trinajstić information content (AvgIpc) is 2.85. The second kappa shape index (κ2) is 6.48. The molecule has 0 saturated heterocycles. The summed E-state index contributed by atoms with van der Waals surface area (Å²) in [7, 11) is 0. The van der Waals surface area contributed by atoms with Gasteiger partial charge in [-0.1, -0.05) is 43.7 Å². The van der Waals surface area contributed by atoms with Crippen molar-refractivity contribution in [3.63, 3.8) is 0 Å². The molecule has 19 heavy (non-hydrogen) atoms. The first kappa shape index (κ1) is 13.7. The van der Waals surface area contributed by atoms with Crippen LogP contribution in [0.4, 0.5) is 0 Å². The summed E-state index contributed by atoms with van der Waals surface area (Å²) in [6.07, 6.45) is 1.77. The van der Waals surface area contributed by atoms with E-state index in [0.29, 0.717) is 11.5 Å². The van der Waals surface area contributed by atoms with Crippen LogP contribution in [0.3, 0.4) is 0 Å². The van der Waals surface area contributed by atoms with Crippen LogP contribution in [0.15, 0.2) is 30.3 Å². The molecule has 3 nitrogen and oxygen atoms in total. The molecule has 0 bridgehead atoms. The van der Waals surface area contributed by atoms with E-state index in [2.05, 4.69) is 11.9 Å². The zero-order valence-corrected chi connectivity index (χ0v) is 12.0. The van der Waals surface area contributed by atoms with E-state index in [9.17, 15) is 4.79 Å². The van der Waals surface area contributed by atoms with Gasteiger partial charge in [-0.15, -0.1) is 11.3 Å². The minimum absolute atomic E-state index is 0.259. The summed E-state index contributed by atoms with van der Waals surface area (Å²) in [5.41, 5.74) is 1.89. The molecule has 0 amide bonds. The molecule has 0 aliphatic rings. The summed E-state index contributed by atoms with van der Waals surface area (Å²) >= 11 is 1.41. The van der Waals surface area contributed by atoms with Gasteiger partial charge >= 0.3 is 5.97 Å². The van der Waals surface area contributed by atoms with Crippen molar-refractivity contribution >= 4 is 17.3 Å². The topological polar surface area (TPSA) is 39.2 Å². The number of rotatable bonds is 5. The second-order valence-corrected chi connectivity index (χ2v) is 5.13. The number of aryl methyl sites for hydroxylation is 1. The van der Waals surface area contributed by atoms with Gasteiger partial charge in [-0.25, -0.2) is 9.78 Å².